The zero-order chi connectivity index (χ0) is 22.7. The number of carboxylic acids is 1. The second kappa shape index (κ2) is 9.27. The normalized spacial score (nSPS) is 16.2. The number of ether oxygens (including phenoxy) is 2. The van der Waals surface area contributed by atoms with Gasteiger partial charge in [-0.3, -0.25) is 19.8 Å². The van der Waals surface area contributed by atoms with Crippen molar-refractivity contribution in [2.24, 2.45) is 0 Å². The van der Waals surface area contributed by atoms with Crippen molar-refractivity contribution in [1.82, 2.24) is 5.32 Å². The van der Waals surface area contributed by atoms with Crippen LogP contribution in [0.5, 0.6) is 11.5 Å². The first kappa shape index (κ1) is 22.4. The molecule has 1 saturated heterocycles. The fraction of sp³-hybridized carbons (Fsp3) is 0.143. The van der Waals surface area contributed by atoms with Crippen LogP contribution in [0.3, 0.4) is 0 Å². The minimum atomic E-state index is -1.18. The van der Waals surface area contributed by atoms with Crippen LogP contribution in [0.1, 0.15) is 12.5 Å². The van der Waals surface area contributed by atoms with Crippen molar-refractivity contribution < 1.29 is 29.0 Å². The van der Waals surface area contributed by atoms with Crippen molar-refractivity contribution in [1.29, 1.82) is 0 Å². The van der Waals surface area contributed by atoms with Crippen LogP contribution >= 0.6 is 28.1 Å². The van der Waals surface area contributed by atoms with Gasteiger partial charge in [-0.15, -0.1) is 0 Å². The second-order valence-electron chi connectivity index (χ2n) is 6.41. The van der Waals surface area contributed by atoms with Gasteiger partial charge in [-0.1, -0.05) is 28.1 Å². The molecule has 2 aromatic carbocycles. The van der Waals surface area contributed by atoms with Crippen LogP contribution in [-0.2, 0) is 14.4 Å². The first-order valence-corrected chi connectivity index (χ1v) is 10.2. The molecule has 1 aliphatic heterocycles. The Labute approximate surface area is 191 Å². The number of nitrogens with zero attached hydrogens (tertiary/aromatic N) is 1. The molecule has 31 heavy (non-hydrogen) atoms. The summed E-state index contributed by atoms with van der Waals surface area (Å²) in [4.78, 5) is 38.2. The van der Waals surface area contributed by atoms with Gasteiger partial charge in [0.25, 0.3) is 11.8 Å². The third kappa shape index (κ3) is 4.75. The van der Waals surface area contributed by atoms with Gasteiger partial charge < -0.3 is 14.6 Å². The number of anilines is 1. The van der Waals surface area contributed by atoms with Gasteiger partial charge in [-0.2, -0.15) is 0 Å². The Hall–Kier alpha value is -3.24. The molecule has 1 atom stereocenters. The van der Waals surface area contributed by atoms with E-state index < -0.39 is 23.9 Å². The third-order valence-electron chi connectivity index (χ3n) is 4.36. The van der Waals surface area contributed by atoms with Crippen LogP contribution in [-0.4, -0.2) is 41.2 Å². The lowest BCUT2D eigenvalue weighted by Crippen LogP contribution is -2.54. The van der Waals surface area contributed by atoms with E-state index in [1.165, 1.54) is 25.0 Å². The van der Waals surface area contributed by atoms with Crippen LogP contribution in [0.4, 0.5) is 5.69 Å². The van der Waals surface area contributed by atoms with Crippen LogP contribution in [0, 0.1) is 0 Å². The van der Waals surface area contributed by atoms with E-state index in [2.05, 4.69) is 21.2 Å². The predicted molar refractivity (Wildman–Crippen MR) is 121 cm³/mol. The molecular weight excluding hydrogens is 488 g/mol. The van der Waals surface area contributed by atoms with Gasteiger partial charge in [-0.05, 0) is 55.5 Å². The quantitative estimate of drug-likeness (QED) is 0.353. The maximum absolute atomic E-state index is 13.2. The summed E-state index contributed by atoms with van der Waals surface area (Å²) < 4.78 is 11.6. The molecule has 0 radical (unpaired) electrons. The highest BCUT2D eigenvalue weighted by Gasteiger charge is 2.35. The molecular formula is C21H17BrN2O6S. The average molecular weight is 505 g/mol. The van der Waals surface area contributed by atoms with Gasteiger partial charge in [0, 0.05) is 10.0 Å². The summed E-state index contributed by atoms with van der Waals surface area (Å²) in [5.41, 5.74) is 0.581. The Morgan fingerprint density at radius 1 is 1.23 bits per heavy atom. The SMILES string of the molecule is COc1cccc(/C=C2\C(=O)NC(=S)N(c3ccc(Br)cc3)C2=O)c1O[C@H](C)C(=O)O. The molecule has 0 bridgehead atoms. The van der Waals surface area contributed by atoms with E-state index >= 15 is 0 Å². The maximum atomic E-state index is 13.2. The van der Waals surface area contributed by atoms with Gasteiger partial charge in [0.1, 0.15) is 5.57 Å². The monoisotopic (exact) mass is 504 g/mol. The lowest BCUT2D eigenvalue weighted by molar-refractivity contribution is -0.144. The van der Waals surface area contributed by atoms with Crippen molar-refractivity contribution in [3.8, 4) is 11.5 Å². The highest BCUT2D eigenvalue weighted by molar-refractivity contribution is 9.10. The lowest BCUT2D eigenvalue weighted by Gasteiger charge is -2.29. The minimum Gasteiger partial charge on any atom is -0.493 e. The first-order chi connectivity index (χ1) is 14.7. The summed E-state index contributed by atoms with van der Waals surface area (Å²) >= 11 is 8.52. The number of thiocarbonyl (C=S) groups is 1. The Morgan fingerprint density at radius 2 is 1.90 bits per heavy atom. The first-order valence-electron chi connectivity index (χ1n) is 8.96. The number of benzene rings is 2. The number of carboxylic acid groups (broad SMARTS) is 1. The molecule has 0 aromatic heterocycles. The molecule has 1 aliphatic rings. The summed E-state index contributed by atoms with van der Waals surface area (Å²) in [6.07, 6.45) is 0.133. The Bertz CT molecular complexity index is 1100. The van der Waals surface area contributed by atoms with Crippen molar-refractivity contribution in [3.05, 3.63) is 58.1 Å². The summed E-state index contributed by atoms with van der Waals surface area (Å²) in [6.45, 7) is 1.36. The Morgan fingerprint density at radius 3 is 2.52 bits per heavy atom. The molecule has 2 N–H and O–H groups in total. The van der Waals surface area contributed by atoms with Crippen LogP contribution in [0.15, 0.2) is 52.5 Å². The number of aliphatic carboxylic acids is 1. The molecule has 8 nitrogen and oxygen atoms in total. The van der Waals surface area contributed by atoms with Crippen molar-refractivity contribution in [2.75, 3.05) is 12.0 Å². The number of halogens is 1. The smallest absolute Gasteiger partial charge is 0.344 e. The van der Waals surface area contributed by atoms with E-state index in [9.17, 15) is 19.5 Å². The molecule has 1 heterocycles. The highest BCUT2D eigenvalue weighted by Crippen LogP contribution is 2.34. The Balaban J connectivity index is 2.06. The molecule has 0 unspecified atom stereocenters. The number of carbonyl (C=O) groups excluding carboxylic acids is 2. The number of methoxy groups -OCH3 is 1. The molecule has 160 valence electrons. The predicted octanol–water partition coefficient (Wildman–Crippen LogP) is 3.14. The largest absolute Gasteiger partial charge is 0.493 e. The summed E-state index contributed by atoms with van der Waals surface area (Å²) in [6, 6.07) is 11.6. The van der Waals surface area contributed by atoms with E-state index in [0.717, 1.165) is 4.47 Å². The molecule has 1 fully saturated rings. The van der Waals surface area contributed by atoms with Gasteiger partial charge >= 0.3 is 5.97 Å². The zero-order valence-electron chi connectivity index (χ0n) is 16.4. The summed E-state index contributed by atoms with van der Waals surface area (Å²) in [7, 11) is 1.40. The van der Waals surface area contributed by atoms with E-state index in [-0.39, 0.29) is 22.2 Å². The molecule has 10 heteroatoms. The van der Waals surface area contributed by atoms with Crippen molar-refractivity contribution >= 4 is 62.8 Å². The van der Waals surface area contributed by atoms with E-state index in [0.29, 0.717) is 11.3 Å². The summed E-state index contributed by atoms with van der Waals surface area (Å²) in [5.74, 6) is -2.13. The highest BCUT2D eigenvalue weighted by atomic mass is 79.9. The topological polar surface area (TPSA) is 105 Å². The number of amides is 2. The second-order valence-corrected chi connectivity index (χ2v) is 7.71. The Kier molecular flexibility index (Phi) is 6.71. The fourth-order valence-electron chi connectivity index (χ4n) is 2.80. The number of para-hydroxylation sites is 1. The zero-order valence-corrected chi connectivity index (χ0v) is 18.8. The number of nitrogens with one attached hydrogen (secondary N) is 1. The molecule has 0 saturated carbocycles. The van der Waals surface area contributed by atoms with Gasteiger partial charge in [0.05, 0.1) is 12.8 Å². The van der Waals surface area contributed by atoms with Crippen molar-refractivity contribution in [2.45, 2.75) is 13.0 Å². The lowest BCUT2D eigenvalue weighted by atomic mass is 10.1. The number of carbonyl (C=O) groups is 3. The minimum absolute atomic E-state index is 0.0453. The van der Waals surface area contributed by atoms with Gasteiger partial charge in [0.2, 0.25) is 0 Å². The molecule has 3 rings (SSSR count). The van der Waals surface area contributed by atoms with E-state index in [1.807, 2.05) is 0 Å². The van der Waals surface area contributed by atoms with Crippen molar-refractivity contribution in [3.63, 3.8) is 0 Å². The number of hydrogen-bond donors (Lipinski definition) is 2. The molecule has 0 spiro atoms. The van der Waals surface area contributed by atoms with Gasteiger partial charge in [0.15, 0.2) is 22.7 Å². The fourth-order valence-corrected chi connectivity index (χ4v) is 3.34. The average Bonchev–Trinajstić information content (AvgIpc) is 2.73. The standard InChI is InChI=1S/C21H17BrN2O6S/c1-11(20(27)28)30-17-12(4-3-5-16(17)29-2)10-15-18(25)23-21(31)24(19(15)26)14-8-6-13(22)7-9-14/h3-11H,1-2H3,(H,27,28)(H,23,25,31)/b15-10+/t11-/m1/s1. The van der Waals surface area contributed by atoms with Crippen LogP contribution in [0.25, 0.3) is 6.08 Å². The third-order valence-corrected chi connectivity index (χ3v) is 5.17. The molecule has 2 amide bonds. The van der Waals surface area contributed by atoms with Crippen LogP contribution in [0.2, 0.25) is 0 Å². The number of rotatable bonds is 6. The molecule has 2 aromatic rings. The maximum Gasteiger partial charge on any atom is 0.344 e. The van der Waals surface area contributed by atoms with E-state index in [4.69, 9.17) is 21.7 Å². The van der Waals surface area contributed by atoms with Gasteiger partial charge in [-0.25, -0.2) is 4.79 Å². The number of hydrogen-bond acceptors (Lipinski definition) is 6. The summed E-state index contributed by atoms with van der Waals surface area (Å²) in [5, 5.41) is 11.6. The molecule has 0 aliphatic carbocycles. The van der Waals surface area contributed by atoms with Crippen LogP contribution < -0.4 is 19.7 Å². The van der Waals surface area contributed by atoms with E-state index in [1.54, 1.807) is 42.5 Å².